The lowest BCUT2D eigenvalue weighted by atomic mass is 9.89. The molecule has 1 amide bonds. The second-order valence-electron chi connectivity index (χ2n) is 7.82. The van der Waals surface area contributed by atoms with Crippen LogP contribution in [-0.2, 0) is 16.0 Å². The van der Waals surface area contributed by atoms with Crippen molar-refractivity contribution in [3.05, 3.63) is 35.9 Å². The van der Waals surface area contributed by atoms with Crippen LogP contribution in [0.15, 0.2) is 30.3 Å². The molecular weight excluding hydrogens is 304 g/mol. The minimum atomic E-state index is -0.461. The maximum atomic E-state index is 12.0. The van der Waals surface area contributed by atoms with Crippen LogP contribution in [0.3, 0.4) is 0 Å². The molecule has 0 spiro atoms. The van der Waals surface area contributed by atoms with E-state index in [-0.39, 0.29) is 12.1 Å². The number of alkyl carbamates (subject to hydrolysis) is 1. The normalized spacial score (nSPS) is 27.5. The Bertz CT molecular complexity index is 541. The zero-order chi connectivity index (χ0) is 17.2. The summed E-state index contributed by atoms with van der Waals surface area (Å²) < 4.78 is 11.1. The summed E-state index contributed by atoms with van der Waals surface area (Å²) in [6.07, 6.45) is 1.49. The van der Waals surface area contributed by atoms with Gasteiger partial charge in [-0.25, -0.2) is 4.79 Å². The third kappa shape index (κ3) is 4.48. The Morgan fingerprint density at radius 1 is 1.21 bits per heavy atom. The molecule has 132 valence electrons. The van der Waals surface area contributed by atoms with E-state index in [1.807, 2.05) is 26.8 Å². The number of piperidine rings is 1. The van der Waals surface area contributed by atoms with Gasteiger partial charge in [-0.05, 0) is 39.2 Å². The van der Waals surface area contributed by atoms with E-state index in [4.69, 9.17) is 9.47 Å². The van der Waals surface area contributed by atoms with Crippen molar-refractivity contribution in [3.8, 4) is 0 Å². The van der Waals surface area contributed by atoms with Crippen LogP contribution in [0.4, 0.5) is 4.79 Å². The number of rotatable bonds is 3. The van der Waals surface area contributed by atoms with Crippen molar-refractivity contribution in [3.63, 3.8) is 0 Å². The van der Waals surface area contributed by atoms with Crippen LogP contribution in [0.2, 0.25) is 0 Å². The number of amides is 1. The van der Waals surface area contributed by atoms with Crippen LogP contribution in [0.5, 0.6) is 0 Å². The Hall–Kier alpha value is -1.59. The molecule has 1 aromatic rings. The molecule has 0 aromatic heterocycles. The summed E-state index contributed by atoms with van der Waals surface area (Å²) in [6.45, 7) is 8.07. The molecule has 2 heterocycles. The Morgan fingerprint density at radius 2 is 1.83 bits per heavy atom. The van der Waals surface area contributed by atoms with Gasteiger partial charge in [-0.3, -0.25) is 4.90 Å². The molecule has 2 bridgehead atoms. The highest BCUT2D eigenvalue weighted by atomic mass is 16.6. The fourth-order valence-electron chi connectivity index (χ4n) is 3.63. The number of morpholine rings is 1. The van der Waals surface area contributed by atoms with Gasteiger partial charge in [0.25, 0.3) is 0 Å². The number of nitrogens with one attached hydrogen (secondary N) is 1. The third-order valence-electron chi connectivity index (χ3n) is 4.60. The lowest BCUT2D eigenvalue weighted by Gasteiger charge is -2.48. The molecule has 24 heavy (non-hydrogen) atoms. The lowest BCUT2D eigenvalue weighted by Crippen LogP contribution is -2.60. The summed E-state index contributed by atoms with van der Waals surface area (Å²) in [6, 6.07) is 11.4. The van der Waals surface area contributed by atoms with Crippen LogP contribution in [-0.4, -0.2) is 47.9 Å². The summed E-state index contributed by atoms with van der Waals surface area (Å²) in [5.41, 5.74) is 0.866. The van der Waals surface area contributed by atoms with Crippen molar-refractivity contribution < 1.29 is 14.3 Å². The molecule has 5 nitrogen and oxygen atoms in total. The number of ether oxygens (including phenoxy) is 2. The van der Waals surface area contributed by atoms with Gasteiger partial charge in [-0.1, -0.05) is 30.3 Å². The zero-order valence-corrected chi connectivity index (χ0v) is 14.8. The van der Waals surface area contributed by atoms with Crippen LogP contribution in [0, 0.1) is 0 Å². The standard InChI is InChI=1S/C19H28N2O3/c1-19(2,3)24-18(22)20-15-9-16-12-23-13-17(10-15)21(16)11-14-7-5-4-6-8-14/h4-8,15-17H,9-13H2,1-3H3,(H,20,22). The average Bonchev–Trinajstić information content (AvgIpc) is 2.47. The van der Waals surface area contributed by atoms with Crippen LogP contribution >= 0.6 is 0 Å². The largest absolute Gasteiger partial charge is 0.444 e. The molecule has 2 saturated heterocycles. The van der Waals surface area contributed by atoms with Gasteiger partial charge in [0.2, 0.25) is 0 Å². The van der Waals surface area contributed by atoms with Gasteiger partial charge in [-0.15, -0.1) is 0 Å². The lowest BCUT2D eigenvalue weighted by molar-refractivity contribution is -0.0852. The molecule has 0 saturated carbocycles. The number of benzene rings is 1. The number of nitrogens with zero attached hydrogens (tertiary/aromatic N) is 1. The predicted molar refractivity (Wildman–Crippen MR) is 92.8 cm³/mol. The summed E-state index contributed by atoms with van der Waals surface area (Å²) in [5, 5.41) is 3.05. The number of carbonyl (C=O) groups is 1. The highest BCUT2D eigenvalue weighted by Crippen LogP contribution is 2.29. The van der Waals surface area contributed by atoms with E-state index in [0.717, 1.165) is 32.6 Å². The molecule has 5 heteroatoms. The quantitative estimate of drug-likeness (QED) is 0.925. The Kier molecular flexibility index (Phi) is 5.11. The highest BCUT2D eigenvalue weighted by molar-refractivity contribution is 5.68. The van der Waals surface area contributed by atoms with Gasteiger partial charge < -0.3 is 14.8 Å². The van der Waals surface area contributed by atoms with Crippen LogP contribution < -0.4 is 5.32 Å². The first kappa shape index (κ1) is 17.2. The van der Waals surface area contributed by atoms with Crippen molar-refractivity contribution in [2.45, 2.75) is 63.9 Å². The molecule has 1 N–H and O–H groups in total. The van der Waals surface area contributed by atoms with Gasteiger partial charge >= 0.3 is 6.09 Å². The van der Waals surface area contributed by atoms with Crippen molar-refractivity contribution in [1.82, 2.24) is 10.2 Å². The summed E-state index contributed by atoms with van der Waals surface area (Å²) in [4.78, 5) is 14.6. The molecule has 1 aromatic carbocycles. The number of carbonyl (C=O) groups excluding carboxylic acids is 1. The molecule has 2 unspecified atom stereocenters. The van der Waals surface area contributed by atoms with Gasteiger partial charge in [-0.2, -0.15) is 0 Å². The van der Waals surface area contributed by atoms with E-state index >= 15 is 0 Å². The molecule has 0 aliphatic carbocycles. The Morgan fingerprint density at radius 3 is 2.42 bits per heavy atom. The fourth-order valence-corrected chi connectivity index (χ4v) is 3.63. The smallest absolute Gasteiger partial charge is 0.407 e. The highest BCUT2D eigenvalue weighted by Gasteiger charge is 2.39. The number of hydrogen-bond donors (Lipinski definition) is 1. The van der Waals surface area contributed by atoms with Gasteiger partial charge in [0.1, 0.15) is 5.60 Å². The maximum Gasteiger partial charge on any atom is 0.407 e. The maximum absolute atomic E-state index is 12.0. The van der Waals surface area contributed by atoms with Crippen LogP contribution in [0.25, 0.3) is 0 Å². The predicted octanol–water partition coefficient (Wildman–Crippen LogP) is 2.94. The first-order valence-electron chi connectivity index (χ1n) is 8.77. The van der Waals surface area contributed by atoms with E-state index in [1.165, 1.54) is 5.56 Å². The SMILES string of the molecule is CC(C)(C)OC(=O)NC1CC2COCC(C1)N2Cc1ccccc1. The van der Waals surface area contributed by atoms with Crippen molar-refractivity contribution in [2.75, 3.05) is 13.2 Å². The van der Waals surface area contributed by atoms with E-state index in [1.54, 1.807) is 0 Å². The topological polar surface area (TPSA) is 50.8 Å². The second-order valence-corrected chi connectivity index (χ2v) is 7.82. The monoisotopic (exact) mass is 332 g/mol. The number of hydrogen-bond acceptors (Lipinski definition) is 4. The molecular formula is C19H28N2O3. The van der Waals surface area contributed by atoms with E-state index < -0.39 is 5.60 Å². The van der Waals surface area contributed by atoms with E-state index in [0.29, 0.717) is 12.1 Å². The molecule has 2 aliphatic rings. The van der Waals surface area contributed by atoms with Gasteiger partial charge in [0.15, 0.2) is 0 Å². The number of fused-ring (bicyclic) bond motifs is 2. The van der Waals surface area contributed by atoms with Crippen molar-refractivity contribution >= 4 is 6.09 Å². The molecule has 0 radical (unpaired) electrons. The average molecular weight is 332 g/mol. The molecule has 2 fully saturated rings. The molecule has 3 rings (SSSR count). The Labute approximate surface area is 144 Å². The summed E-state index contributed by atoms with van der Waals surface area (Å²) in [7, 11) is 0. The molecule has 2 atom stereocenters. The van der Waals surface area contributed by atoms with Crippen molar-refractivity contribution in [1.29, 1.82) is 0 Å². The summed E-state index contributed by atoms with van der Waals surface area (Å²) >= 11 is 0. The second kappa shape index (κ2) is 7.11. The minimum absolute atomic E-state index is 0.158. The van der Waals surface area contributed by atoms with E-state index in [9.17, 15) is 4.79 Å². The van der Waals surface area contributed by atoms with E-state index in [2.05, 4.69) is 34.5 Å². The first-order valence-corrected chi connectivity index (χ1v) is 8.77. The third-order valence-corrected chi connectivity index (χ3v) is 4.60. The first-order chi connectivity index (χ1) is 11.4. The molecule has 2 aliphatic heterocycles. The zero-order valence-electron chi connectivity index (χ0n) is 14.8. The van der Waals surface area contributed by atoms with Gasteiger partial charge in [0, 0.05) is 24.7 Å². The fraction of sp³-hybridized carbons (Fsp3) is 0.632. The van der Waals surface area contributed by atoms with Crippen molar-refractivity contribution in [2.24, 2.45) is 0 Å². The Balaban J connectivity index is 1.60. The summed E-state index contributed by atoms with van der Waals surface area (Å²) in [5.74, 6) is 0. The van der Waals surface area contributed by atoms with Crippen LogP contribution in [0.1, 0.15) is 39.2 Å². The van der Waals surface area contributed by atoms with Gasteiger partial charge in [0.05, 0.1) is 13.2 Å². The minimum Gasteiger partial charge on any atom is -0.444 e.